The highest BCUT2D eigenvalue weighted by Gasteiger charge is 2.54. The summed E-state index contributed by atoms with van der Waals surface area (Å²) in [6.45, 7) is 6.43. The van der Waals surface area contributed by atoms with Gasteiger partial charge in [0.1, 0.15) is 12.1 Å². The molecule has 1 fully saturated rings. The minimum atomic E-state index is -4.08. The number of benzene rings is 1. The number of carbonyl (C=O) groups excluding carboxylic acids is 3. The second-order valence-electron chi connectivity index (χ2n) is 8.39. The summed E-state index contributed by atoms with van der Waals surface area (Å²) in [7, 11) is -4.08. The molecule has 1 aliphatic rings. The van der Waals surface area contributed by atoms with Gasteiger partial charge in [-0.15, -0.1) is 0 Å². The largest absolute Gasteiger partial charge is 0.464 e. The van der Waals surface area contributed by atoms with Crippen LogP contribution in [-0.4, -0.2) is 62.0 Å². The zero-order valence-corrected chi connectivity index (χ0v) is 19.2. The molecule has 9 nitrogen and oxygen atoms in total. The van der Waals surface area contributed by atoms with E-state index in [4.69, 9.17) is 9.47 Å². The number of amides is 1. The topological polar surface area (TPSA) is 119 Å². The fourth-order valence-electron chi connectivity index (χ4n) is 3.37. The number of likely N-dealkylation sites (tertiary alicyclic amines) is 1. The van der Waals surface area contributed by atoms with Crippen LogP contribution in [0.2, 0.25) is 0 Å². The fourth-order valence-corrected chi connectivity index (χ4v) is 4.88. The molecule has 1 aromatic rings. The maximum absolute atomic E-state index is 13.3. The first-order valence-corrected chi connectivity index (χ1v) is 11.8. The van der Waals surface area contributed by atoms with Crippen molar-refractivity contribution in [3.8, 4) is 0 Å². The highest BCUT2D eigenvalue weighted by Crippen LogP contribution is 2.26. The van der Waals surface area contributed by atoms with E-state index >= 15 is 0 Å². The van der Waals surface area contributed by atoms with Crippen LogP contribution < -0.4 is 4.72 Å². The molecular formula is C21H30N2O7S. The van der Waals surface area contributed by atoms with E-state index in [9.17, 15) is 22.8 Å². The second kappa shape index (κ2) is 9.78. The minimum Gasteiger partial charge on any atom is -0.464 e. The smallest absolute Gasteiger partial charge is 0.337 e. The molecule has 1 saturated heterocycles. The van der Waals surface area contributed by atoms with E-state index in [1.165, 1.54) is 0 Å². The number of hydrogen-bond acceptors (Lipinski definition) is 7. The van der Waals surface area contributed by atoms with Crippen molar-refractivity contribution in [2.45, 2.75) is 57.4 Å². The summed E-state index contributed by atoms with van der Waals surface area (Å²) in [5, 5.41) is 0. The van der Waals surface area contributed by atoms with E-state index in [0.29, 0.717) is 12.0 Å². The standard InChI is InChI=1S/C21H30N2O7S/c1-5-29-19(26)21(22-31(27,28)15-16-10-7-6-8-11-16)12-9-13-23(18(21)25)14-17(24)30-20(2,3)4/h6-8,10-11,22H,5,9,12-15H2,1-4H3/t21-/m0/s1. The van der Waals surface area contributed by atoms with Crippen LogP contribution in [0.1, 0.15) is 46.1 Å². The van der Waals surface area contributed by atoms with Crippen molar-refractivity contribution in [2.24, 2.45) is 0 Å². The van der Waals surface area contributed by atoms with E-state index in [1.807, 2.05) is 0 Å². The Hall–Kier alpha value is -2.46. The quantitative estimate of drug-likeness (QED) is 0.465. The Balaban J connectivity index is 2.30. The number of carbonyl (C=O) groups is 3. The Labute approximate surface area is 183 Å². The van der Waals surface area contributed by atoms with E-state index in [1.54, 1.807) is 58.0 Å². The van der Waals surface area contributed by atoms with Crippen molar-refractivity contribution in [3.63, 3.8) is 0 Å². The van der Waals surface area contributed by atoms with Gasteiger partial charge in [0.2, 0.25) is 15.6 Å². The number of hydrogen-bond donors (Lipinski definition) is 1. The van der Waals surface area contributed by atoms with Crippen molar-refractivity contribution in [1.29, 1.82) is 0 Å². The van der Waals surface area contributed by atoms with E-state index in [0.717, 1.165) is 4.90 Å². The molecule has 1 heterocycles. The van der Waals surface area contributed by atoms with Gasteiger partial charge in [-0.05, 0) is 46.1 Å². The summed E-state index contributed by atoms with van der Waals surface area (Å²) in [4.78, 5) is 39.5. The fraction of sp³-hybridized carbons (Fsp3) is 0.571. The molecule has 1 atom stereocenters. The zero-order chi connectivity index (χ0) is 23.3. The number of piperidine rings is 1. The second-order valence-corrected chi connectivity index (χ2v) is 10.1. The van der Waals surface area contributed by atoms with Crippen LogP contribution in [0.3, 0.4) is 0 Å². The lowest BCUT2D eigenvalue weighted by molar-refractivity contribution is -0.167. The molecular weight excluding hydrogens is 424 g/mol. The molecule has 1 amide bonds. The summed E-state index contributed by atoms with van der Waals surface area (Å²) >= 11 is 0. The summed E-state index contributed by atoms with van der Waals surface area (Å²) < 4.78 is 38.3. The molecule has 1 aromatic carbocycles. The predicted molar refractivity (Wildman–Crippen MR) is 113 cm³/mol. The summed E-state index contributed by atoms with van der Waals surface area (Å²) in [6, 6.07) is 8.41. The lowest BCUT2D eigenvalue weighted by atomic mass is 9.89. The third kappa shape index (κ3) is 6.76. The minimum absolute atomic E-state index is 0.0274. The SMILES string of the molecule is CCOC(=O)[C@]1(NS(=O)(=O)Cc2ccccc2)CCCN(CC(=O)OC(C)(C)C)C1=O. The third-order valence-electron chi connectivity index (χ3n) is 4.53. The van der Waals surface area contributed by atoms with Crippen LogP contribution >= 0.6 is 0 Å². The number of nitrogens with zero attached hydrogens (tertiary/aromatic N) is 1. The van der Waals surface area contributed by atoms with Gasteiger partial charge in [0.05, 0.1) is 12.4 Å². The molecule has 1 N–H and O–H groups in total. The van der Waals surface area contributed by atoms with Crippen LogP contribution in [-0.2, 0) is 39.6 Å². The Morgan fingerprint density at radius 2 is 1.84 bits per heavy atom. The molecule has 0 aliphatic carbocycles. The van der Waals surface area contributed by atoms with Crippen molar-refractivity contribution in [1.82, 2.24) is 9.62 Å². The lowest BCUT2D eigenvalue weighted by Gasteiger charge is -2.39. The predicted octanol–water partition coefficient (Wildman–Crippen LogP) is 1.37. The van der Waals surface area contributed by atoms with Gasteiger partial charge >= 0.3 is 11.9 Å². The van der Waals surface area contributed by atoms with Crippen LogP contribution in [0.25, 0.3) is 0 Å². The highest BCUT2D eigenvalue weighted by atomic mass is 32.2. The molecule has 0 aromatic heterocycles. The third-order valence-corrected chi connectivity index (χ3v) is 5.90. The van der Waals surface area contributed by atoms with E-state index < -0.39 is 51.3 Å². The molecule has 0 spiro atoms. The zero-order valence-electron chi connectivity index (χ0n) is 18.3. The van der Waals surface area contributed by atoms with Crippen molar-refractivity contribution >= 4 is 27.9 Å². The van der Waals surface area contributed by atoms with Gasteiger partial charge in [-0.3, -0.25) is 9.59 Å². The van der Waals surface area contributed by atoms with Crippen molar-refractivity contribution in [2.75, 3.05) is 19.7 Å². The molecule has 31 heavy (non-hydrogen) atoms. The number of esters is 2. The maximum atomic E-state index is 13.3. The molecule has 0 unspecified atom stereocenters. The first kappa shape index (κ1) is 24.8. The summed E-state index contributed by atoms with van der Waals surface area (Å²) in [6.07, 6.45) is 0.241. The van der Waals surface area contributed by atoms with Gasteiger partial charge in [0.25, 0.3) is 5.91 Å². The van der Waals surface area contributed by atoms with Crippen molar-refractivity contribution < 1.29 is 32.3 Å². The summed E-state index contributed by atoms with van der Waals surface area (Å²) in [5.41, 5.74) is -2.36. The van der Waals surface area contributed by atoms with Gasteiger partial charge in [-0.1, -0.05) is 30.3 Å². The van der Waals surface area contributed by atoms with Crippen LogP contribution in [0.15, 0.2) is 30.3 Å². The molecule has 0 bridgehead atoms. The molecule has 0 saturated carbocycles. The van der Waals surface area contributed by atoms with E-state index in [-0.39, 0.29) is 19.6 Å². The first-order chi connectivity index (χ1) is 14.4. The van der Waals surface area contributed by atoms with Gasteiger partial charge in [0.15, 0.2) is 0 Å². The van der Waals surface area contributed by atoms with Gasteiger partial charge < -0.3 is 14.4 Å². The normalized spacial score (nSPS) is 19.7. The molecule has 10 heteroatoms. The molecule has 2 rings (SSSR count). The Kier molecular flexibility index (Phi) is 7.82. The monoisotopic (exact) mass is 454 g/mol. The average Bonchev–Trinajstić information content (AvgIpc) is 2.64. The number of nitrogens with one attached hydrogen (secondary N) is 1. The van der Waals surface area contributed by atoms with Crippen LogP contribution in [0.5, 0.6) is 0 Å². The van der Waals surface area contributed by atoms with Gasteiger partial charge in [0, 0.05) is 6.54 Å². The summed E-state index contributed by atoms with van der Waals surface area (Å²) in [5.74, 6) is -2.85. The van der Waals surface area contributed by atoms with Gasteiger partial charge in [-0.25, -0.2) is 13.2 Å². The molecule has 172 valence electrons. The Morgan fingerprint density at radius 1 is 1.19 bits per heavy atom. The van der Waals surface area contributed by atoms with Gasteiger partial charge in [-0.2, -0.15) is 4.72 Å². The number of sulfonamides is 1. The lowest BCUT2D eigenvalue weighted by Crippen LogP contribution is -2.67. The van der Waals surface area contributed by atoms with Crippen LogP contribution in [0.4, 0.5) is 0 Å². The highest BCUT2D eigenvalue weighted by molar-refractivity contribution is 7.88. The number of rotatable bonds is 8. The van der Waals surface area contributed by atoms with Crippen LogP contribution in [0, 0.1) is 0 Å². The Bertz CT molecular complexity index is 909. The number of ether oxygens (including phenoxy) is 2. The maximum Gasteiger partial charge on any atom is 0.337 e. The molecule has 1 aliphatic heterocycles. The average molecular weight is 455 g/mol. The molecule has 0 radical (unpaired) electrons. The van der Waals surface area contributed by atoms with Crippen molar-refractivity contribution in [3.05, 3.63) is 35.9 Å². The van der Waals surface area contributed by atoms with E-state index in [2.05, 4.69) is 4.72 Å². The Morgan fingerprint density at radius 3 is 2.42 bits per heavy atom. The first-order valence-electron chi connectivity index (χ1n) is 10.1.